The summed E-state index contributed by atoms with van der Waals surface area (Å²) in [5.41, 5.74) is 0.617. The smallest absolute Gasteiger partial charge is 0.339 e. The first kappa shape index (κ1) is 22.1. The molecule has 2 heterocycles. The molecule has 0 spiro atoms. The maximum atomic E-state index is 13.2. The molecule has 0 saturated heterocycles. The minimum absolute atomic E-state index is 0.0229. The molecule has 1 aliphatic rings. The topological polar surface area (TPSA) is 103 Å². The zero-order valence-electron chi connectivity index (χ0n) is 18.0. The number of esters is 1. The lowest BCUT2D eigenvalue weighted by Gasteiger charge is -2.17. The lowest BCUT2D eigenvalue weighted by molar-refractivity contribution is -0.120. The Kier molecular flexibility index (Phi) is 5.65. The van der Waals surface area contributed by atoms with Crippen molar-refractivity contribution < 1.29 is 19.1 Å². The molecule has 0 bridgehead atoms. The number of nitrogens with zero attached hydrogens (tertiary/aromatic N) is 3. The van der Waals surface area contributed by atoms with Crippen molar-refractivity contribution >= 4 is 40.8 Å². The summed E-state index contributed by atoms with van der Waals surface area (Å²) >= 11 is 6.23. The van der Waals surface area contributed by atoms with Crippen LogP contribution >= 0.6 is 11.6 Å². The van der Waals surface area contributed by atoms with Gasteiger partial charge in [0, 0.05) is 7.05 Å². The molecule has 2 aromatic carbocycles. The number of carbonyl (C=O) groups is 3. The van der Waals surface area contributed by atoms with Crippen LogP contribution < -0.4 is 15.8 Å². The molecule has 33 heavy (non-hydrogen) atoms. The number of anilines is 2. The summed E-state index contributed by atoms with van der Waals surface area (Å²) in [6.45, 7) is 1.70. The molecule has 2 amide bonds. The van der Waals surface area contributed by atoms with Crippen molar-refractivity contribution in [2.75, 3.05) is 17.3 Å². The molecule has 4 rings (SSSR count). The first-order chi connectivity index (χ1) is 15.8. The molecule has 1 aliphatic heterocycles. The maximum Gasteiger partial charge on any atom is 0.339 e. The number of para-hydroxylation sites is 2. The summed E-state index contributed by atoms with van der Waals surface area (Å²) in [5, 5.41) is 2.37. The normalized spacial score (nSPS) is 13.6. The largest absolute Gasteiger partial charge is 0.465 e. The molecule has 0 unspecified atom stereocenters. The van der Waals surface area contributed by atoms with Crippen molar-refractivity contribution in [3.05, 3.63) is 86.9 Å². The van der Waals surface area contributed by atoms with E-state index in [1.807, 2.05) is 6.07 Å². The average molecular weight is 467 g/mol. The standard InChI is InChI=1S/C23H19ClN4O5/c1-13-18(22(31)28(26(13)2)14-9-5-4-6-10-14)25-19-17(24)20(29)27(21(19)30)16-12-8-7-11-15(16)23(32)33-3/h4-12,25H,1-3H3. The zero-order valence-corrected chi connectivity index (χ0v) is 18.7. The second kappa shape index (κ2) is 8.44. The van der Waals surface area contributed by atoms with E-state index in [1.165, 1.54) is 23.9 Å². The van der Waals surface area contributed by atoms with E-state index >= 15 is 0 Å². The van der Waals surface area contributed by atoms with Crippen molar-refractivity contribution in [1.82, 2.24) is 9.36 Å². The summed E-state index contributed by atoms with van der Waals surface area (Å²) in [7, 11) is 2.90. The highest BCUT2D eigenvalue weighted by atomic mass is 35.5. The van der Waals surface area contributed by atoms with Gasteiger partial charge in [0.1, 0.15) is 16.4 Å². The molecule has 1 N–H and O–H groups in total. The number of rotatable bonds is 5. The number of aromatic nitrogens is 2. The van der Waals surface area contributed by atoms with E-state index < -0.39 is 28.4 Å². The lowest BCUT2D eigenvalue weighted by atomic mass is 10.1. The molecule has 3 aromatic rings. The SMILES string of the molecule is COC(=O)c1ccccc1N1C(=O)C(Cl)=C(Nc2c(C)n(C)n(-c3ccccc3)c2=O)C1=O. The number of hydrogen-bond donors (Lipinski definition) is 1. The number of ether oxygens (including phenoxy) is 1. The fourth-order valence-electron chi connectivity index (χ4n) is 3.62. The highest BCUT2D eigenvalue weighted by Crippen LogP contribution is 2.32. The molecule has 0 radical (unpaired) electrons. The van der Waals surface area contributed by atoms with Crippen molar-refractivity contribution in [2.45, 2.75) is 6.92 Å². The molecular formula is C23H19ClN4O5. The number of imide groups is 1. The van der Waals surface area contributed by atoms with Crippen LogP contribution in [-0.2, 0) is 21.4 Å². The van der Waals surface area contributed by atoms with E-state index in [0.717, 1.165) is 4.90 Å². The third-order valence-electron chi connectivity index (χ3n) is 5.38. The Morgan fingerprint density at radius 3 is 2.27 bits per heavy atom. The third kappa shape index (κ3) is 3.52. The highest BCUT2D eigenvalue weighted by Gasteiger charge is 2.41. The van der Waals surface area contributed by atoms with Crippen molar-refractivity contribution in [3.63, 3.8) is 0 Å². The molecule has 1 aromatic heterocycles. The summed E-state index contributed by atoms with van der Waals surface area (Å²) in [6.07, 6.45) is 0. The zero-order chi connectivity index (χ0) is 23.9. The van der Waals surface area contributed by atoms with Gasteiger partial charge in [-0.15, -0.1) is 0 Å². The Morgan fingerprint density at radius 1 is 0.970 bits per heavy atom. The van der Waals surface area contributed by atoms with Crippen LogP contribution in [0.15, 0.2) is 70.1 Å². The van der Waals surface area contributed by atoms with E-state index in [-0.39, 0.29) is 22.6 Å². The fourth-order valence-corrected chi connectivity index (χ4v) is 3.83. The molecule has 9 nitrogen and oxygen atoms in total. The van der Waals surface area contributed by atoms with Crippen LogP contribution in [0.4, 0.5) is 11.4 Å². The van der Waals surface area contributed by atoms with Gasteiger partial charge in [-0.25, -0.2) is 14.4 Å². The van der Waals surface area contributed by atoms with Gasteiger partial charge in [0.15, 0.2) is 0 Å². The Morgan fingerprint density at radius 2 is 1.61 bits per heavy atom. The van der Waals surface area contributed by atoms with Crippen LogP contribution in [0.5, 0.6) is 0 Å². The van der Waals surface area contributed by atoms with Crippen LogP contribution in [0.1, 0.15) is 16.1 Å². The number of carbonyl (C=O) groups excluding carboxylic acids is 3. The Balaban J connectivity index is 1.75. The summed E-state index contributed by atoms with van der Waals surface area (Å²) in [6, 6.07) is 15.0. The first-order valence-corrected chi connectivity index (χ1v) is 10.2. The van der Waals surface area contributed by atoms with Crippen molar-refractivity contribution in [3.8, 4) is 5.69 Å². The number of amides is 2. The Bertz CT molecular complexity index is 1390. The van der Waals surface area contributed by atoms with Crippen LogP contribution in [0.3, 0.4) is 0 Å². The fraction of sp³-hybridized carbons (Fsp3) is 0.130. The van der Waals surface area contributed by atoms with Crippen molar-refractivity contribution in [1.29, 1.82) is 0 Å². The monoisotopic (exact) mass is 466 g/mol. The molecular weight excluding hydrogens is 448 g/mol. The Labute approximate surface area is 193 Å². The van der Waals surface area contributed by atoms with Gasteiger partial charge in [-0.1, -0.05) is 41.9 Å². The van der Waals surface area contributed by atoms with E-state index in [2.05, 4.69) is 5.32 Å². The number of benzene rings is 2. The lowest BCUT2D eigenvalue weighted by Crippen LogP contribution is -2.34. The molecule has 10 heteroatoms. The van der Waals surface area contributed by atoms with Gasteiger partial charge in [0.2, 0.25) is 0 Å². The van der Waals surface area contributed by atoms with Gasteiger partial charge < -0.3 is 10.1 Å². The number of methoxy groups -OCH3 is 1. The summed E-state index contributed by atoms with van der Waals surface area (Å²) in [5.74, 6) is -2.33. The van der Waals surface area contributed by atoms with Gasteiger partial charge in [0.05, 0.1) is 29.7 Å². The van der Waals surface area contributed by atoms with Gasteiger partial charge in [-0.3, -0.25) is 19.1 Å². The van der Waals surface area contributed by atoms with Crippen molar-refractivity contribution in [2.24, 2.45) is 7.05 Å². The average Bonchev–Trinajstić information content (AvgIpc) is 3.17. The predicted molar refractivity (Wildman–Crippen MR) is 123 cm³/mol. The highest BCUT2D eigenvalue weighted by molar-refractivity contribution is 6.53. The van der Waals surface area contributed by atoms with Gasteiger partial charge >= 0.3 is 5.97 Å². The van der Waals surface area contributed by atoms with Crippen LogP contribution in [0.2, 0.25) is 0 Å². The van der Waals surface area contributed by atoms with E-state index in [4.69, 9.17) is 16.3 Å². The minimum Gasteiger partial charge on any atom is -0.465 e. The van der Waals surface area contributed by atoms with E-state index in [1.54, 1.807) is 55.1 Å². The van der Waals surface area contributed by atoms with E-state index in [9.17, 15) is 19.2 Å². The second-order valence-corrected chi connectivity index (χ2v) is 7.58. The molecule has 0 atom stereocenters. The molecule has 168 valence electrons. The summed E-state index contributed by atoms with van der Waals surface area (Å²) < 4.78 is 7.80. The number of halogens is 1. The van der Waals surface area contributed by atoms with Crippen LogP contribution in [-0.4, -0.2) is 34.3 Å². The number of nitrogens with one attached hydrogen (secondary N) is 1. The van der Waals surface area contributed by atoms with Gasteiger partial charge in [0.25, 0.3) is 17.4 Å². The Hall–Kier alpha value is -4.11. The predicted octanol–water partition coefficient (Wildman–Crippen LogP) is 2.71. The molecule has 0 fully saturated rings. The maximum absolute atomic E-state index is 13.2. The summed E-state index contributed by atoms with van der Waals surface area (Å²) in [4.78, 5) is 52.2. The van der Waals surface area contributed by atoms with Gasteiger partial charge in [-0.2, -0.15) is 0 Å². The van der Waals surface area contributed by atoms with Gasteiger partial charge in [-0.05, 0) is 31.2 Å². The quantitative estimate of drug-likeness (QED) is 0.458. The number of hydrogen-bond acceptors (Lipinski definition) is 6. The second-order valence-electron chi connectivity index (χ2n) is 7.20. The van der Waals surface area contributed by atoms with Crippen LogP contribution in [0.25, 0.3) is 5.69 Å². The first-order valence-electron chi connectivity index (χ1n) is 9.84. The third-order valence-corrected chi connectivity index (χ3v) is 5.73. The van der Waals surface area contributed by atoms with Crippen LogP contribution in [0, 0.1) is 6.92 Å². The molecule has 0 aliphatic carbocycles. The minimum atomic E-state index is -0.822. The van der Waals surface area contributed by atoms with E-state index in [0.29, 0.717) is 11.4 Å². The molecule has 0 saturated carbocycles.